The molecule has 0 aliphatic heterocycles. The van der Waals surface area contributed by atoms with Crippen LogP contribution in [0, 0.1) is 12.3 Å². The van der Waals surface area contributed by atoms with Gasteiger partial charge in [0.15, 0.2) is 5.41 Å². The molecule has 1 aliphatic rings. The molecule has 116 valence electrons. The van der Waals surface area contributed by atoms with Gasteiger partial charge in [-0.3, -0.25) is 9.59 Å². The van der Waals surface area contributed by atoms with Crippen molar-refractivity contribution in [1.29, 1.82) is 0 Å². The second kappa shape index (κ2) is 6.60. The number of aryl methyl sites for hydroxylation is 1. The summed E-state index contributed by atoms with van der Waals surface area (Å²) in [6.45, 7) is 2.04. The molecule has 1 aromatic rings. The van der Waals surface area contributed by atoms with Crippen LogP contribution >= 0.6 is 0 Å². The summed E-state index contributed by atoms with van der Waals surface area (Å²) in [4.78, 5) is 24.0. The summed E-state index contributed by atoms with van der Waals surface area (Å²) in [7, 11) is 2.57. The average Bonchev–Trinajstić information content (AvgIpc) is 2.98. The van der Waals surface area contributed by atoms with E-state index >= 15 is 0 Å². The first-order valence-corrected chi connectivity index (χ1v) is 7.12. The second-order valence-electron chi connectivity index (χ2n) is 5.47. The van der Waals surface area contributed by atoms with E-state index in [-0.39, 0.29) is 0 Å². The number of esters is 2. The Balaban J connectivity index is 2.14. The van der Waals surface area contributed by atoms with Gasteiger partial charge < -0.3 is 9.47 Å². The zero-order valence-corrected chi connectivity index (χ0v) is 13.1. The summed E-state index contributed by atoms with van der Waals surface area (Å²) in [5.74, 6) is -1.09. The maximum absolute atomic E-state index is 12.0. The molecule has 0 N–H and O–H groups in total. The number of carbonyl (C=O) groups excluding carboxylic acids is 2. The predicted molar refractivity (Wildman–Crippen MR) is 84.0 cm³/mol. The Morgan fingerprint density at radius 3 is 2.18 bits per heavy atom. The van der Waals surface area contributed by atoms with Gasteiger partial charge in [0.05, 0.1) is 14.2 Å². The Morgan fingerprint density at radius 2 is 1.64 bits per heavy atom. The number of hydrogen-bond donors (Lipinski definition) is 0. The first-order chi connectivity index (χ1) is 10.5. The number of carbonyl (C=O) groups is 2. The van der Waals surface area contributed by atoms with E-state index in [9.17, 15) is 9.59 Å². The summed E-state index contributed by atoms with van der Waals surface area (Å²) in [5, 5.41) is 0. The average molecular weight is 300 g/mol. The lowest BCUT2D eigenvalue weighted by atomic mass is 9.84. The van der Waals surface area contributed by atoms with Gasteiger partial charge >= 0.3 is 11.9 Å². The highest BCUT2D eigenvalue weighted by Gasteiger charge is 2.50. The molecule has 0 saturated heterocycles. The number of benzene rings is 1. The summed E-state index contributed by atoms with van der Waals surface area (Å²) < 4.78 is 9.58. The molecule has 0 radical (unpaired) electrons. The normalized spacial score (nSPS) is 16.4. The van der Waals surface area contributed by atoms with E-state index in [0.717, 1.165) is 11.1 Å². The second-order valence-corrected chi connectivity index (χ2v) is 5.47. The van der Waals surface area contributed by atoms with Crippen molar-refractivity contribution in [3.05, 3.63) is 53.1 Å². The first kappa shape index (κ1) is 16.0. The summed E-state index contributed by atoms with van der Waals surface area (Å²) >= 11 is 0. The lowest BCUT2D eigenvalue weighted by Crippen LogP contribution is -2.39. The van der Waals surface area contributed by atoms with Crippen molar-refractivity contribution in [1.82, 2.24) is 0 Å². The van der Waals surface area contributed by atoms with E-state index in [0.29, 0.717) is 12.8 Å². The number of hydrogen-bond acceptors (Lipinski definition) is 4. The van der Waals surface area contributed by atoms with Gasteiger partial charge in [-0.25, -0.2) is 0 Å². The van der Waals surface area contributed by atoms with Crippen LogP contribution in [0.25, 0.3) is 6.08 Å². The third kappa shape index (κ3) is 3.11. The van der Waals surface area contributed by atoms with Crippen molar-refractivity contribution in [3.63, 3.8) is 0 Å². The van der Waals surface area contributed by atoms with Gasteiger partial charge in [-0.05, 0) is 25.3 Å². The Labute approximate surface area is 130 Å². The summed E-state index contributed by atoms with van der Waals surface area (Å²) in [6.07, 6.45) is 6.39. The van der Waals surface area contributed by atoms with Gasteiger partial charge in [0.1, 0.15) is 0 Å². The molecule has 0 heterocycles. The maximum Gasteiger partial charge on any atom is 0.323 e. The standard InChI is InChI=1S/C18H20O4/c1-13-4-6-14(7-5-13)8-9-15-10-11-18(12-15,16(19)21-2)17(20)22-3/h4-10H,11-12H2,1-3H3/b9-8+. The van der Waals surface area contributed by atoms with Gasteiger partial charge in [0.25, 0.3) is 0 Å². The third-order valence-corrected chi connectivity index (χ3v) is 3.94. The third-order valence-electron chi connectivity index (χ3n) is 3.94. The first-order valence-electron chi connectivity index (χ1n) is 7.12. The predicted octanol–water partition coefficient (Wildman–Crippen LogP) is 3.06. The highest BCUT2D eigenvalue weighted by atomic mass is 16.5. The Morgan fingerprint density at radius 1 is 1.05 bits per heavy atom. The molecule has 4 nitrogen and oxygen atoms in total. The molecule has 4 heteroatoms. The van der Waals surface area contributed by atoms with Crippen LogP contribution in [0.4, 0.5) is 0 Å². The number of rotatable bonds is 4. The molecule has 2 rings (SSSR count). The van der Waals surface area contributed by atoms with Crippen molar-refractivity contribution in [2.45, 2.75) is 19.8 Å². The molecule has 0 unspecified atom stereocenters. The van der Waals surface area contributed by atoms with Crippen molar-refractivity contribution in [2.24, 2.45) is 5.41 Å². The minimum Gasteiger partial charge on any atom is -0.468 e. The van der Waals surface area contributed by atoms with Gasteiger partial charge in [-0.1, -0.05) is 53.6 Å². The fourth-order valence-corrected chi connectivity index (χ4v) is 2.59. The SMILES string of the molecule is COC(=O)C1(C(=O)OC)CC=C(/C=C/c2ccc(C)cc2)C1. The molecule has 0 aromatic heterocycles. The van der Waals surface area contributed by atoms with Gasteiger partial charge in [0.2, 0.25) is 0 Å². The molecule has 0 spiro atoms. The van der Waals surface area contributed by atoms with Crippen molar-refractivity contribution in [2.75, 3.05) is 14.2 Å². The van der Waals surface area contributed by atoms with E-state index in [4.69, 9.17) is 9.47 Å². The minimum atomic E-state index is -1.24. The van der Waals surface area contributed by atoms with Gasteiger partial charge in [0, 0.05) is 0 Å². The molecule has 0 amide bonds. The zero-order valence-electron chi connectivity index (χ0n) is 13.1. The van der Waals surface area contributed by atoms with Crippen molar-refractivity contribution in [3.8, 4) is 0 Å². The van der Waals surface area contributed by atoms with Gasteiger partial charge in [-0.2, -0.15) is 0 Å². The molecular weight excluding hydrogens is 280 g/mol. The van der Waals surface area contributed by atoms with E-state index in [1.165, 1.54) is 19.8 Å². The summed E-state index contributed by atoms with van der Waals surface area (Å²) in [6, 6.07) is 8.12. The minimum absolute atomic E-state index is 0.300. The van der Waals surface area contributed by atoms with Crippen LogP contribution in [0.5, 0.6) is 0 Å². The van der Waals surface area contributed by atoms with Crippen LogP contribution < -0.4 is 0 Å². The lowest BCUT2D eigenvalue weighted by molar-refractivity contribution is -0.168. The van der Waals surface area contributed by atoms with E-state index in [1.807, 2.05) is 49.4 Å². The van der Waals surface area contributed by atoms with Gasteiger partial charge in [-0.15, -0.1) is 0 Å². The monoisotopic (exact) mass is 300 g/mol. The molecule has 1 aromatic carbocycles. The molecule has 1 aliphatic carbocycles. The molecule has 0 atom stereocenters. The fraction of sp³-hybridized carbons (Fsp3) is 0.333. The number of methoxy groups -OCH3 is 2. The van der Waals surface area contributed by atoms with E-state index in [2.05, 4.69) is 0 Å². The highest BCUT2D eigenvalue weighted by Crippen LogP contribution is 2.40. The van der Waals surface area contributed by atoms with Crippen LogP contribution in [-0.2, 0) is 19.1 Å². The summed E-state index contributed by atoms with van der Waals surface area (Å²) in [5.41, 5.74) is 1.96. The van der Waals surface area contributed by atoms with E-state index in [1.54, 1.807) is 0 Å². The quantitative estimate of drug-likeness (QED) is 0.633. The largest absolute Gasteiger partial charge is 0.468 e. The number of allylic oxidation sites excluding steroid dienone is 3. The van der Waals surface area contributed by atoms with Crippen molar-refractivity contribution >= 4 is 18.0 Å². The highest BCUT2D eigenvalue weighted by molar-refractivity contribution is 6.01. The molecule has 22 heavy (non-hydrogen) atoms. The lowest BCUT2D eigenvalue weighted by Gasteiger charge is -2.22. The Hall–Kier alpha value is -2.36. The van der Waals surface area contributed by atoms with Crippen LogP contribution in [0.1, 0.15) is 24.0 Å². The van der Waals surface area contributed by atoms with Crippen LogP contribution in [0.15, 0.2) is 42.0 Å². The molecular formula is C18H20O4. The smallest absolute Gasteiger partial charge is 0.323 e. The Kier molecular flexibility index (Phi) is 4.81. The maximum atomic E-state index is 12.0. The molecule has 0 fully saturated rings. The Bertz CT molecular complexity index is 607. The molecule has 0 saturated carbocycles. The number of ether oxygens (including phenoxy) is 2. The van der Waals surface area contributed by atoms with Crippen LogP contribution in [0.3, 0.4) is 0 Å². The van der Waals surface area contributed by atoms with E-state index < -0.39 is 17.4 Å². The van der Waals surface area contributed by atoms with Crippen LogP contribution in [0.2, 0.25) is 0 Å². The van der Waals surface area contributed by atoms with Crippen molar-refractivity contribution < 1.29 is 19.1 Å². The topological polar surface area (TPSA) is 52.6 Å². The fourth-order valence-electron chi connectivity index (χ4n) is 2.59. The van der Waals surface area contributed by atoms with Crippen LogP contribution in [-0.4, -0.2) is 26.2 Å². The molecule has 0 bridgehead atoms. The zero-order chi connectivity index (χ0) is 16.2.